The van der Waals surface area contributed by atoms with Gasteiger partial charge in [-0.2, -0.15) is 0 Å². The molecule has 0 bridgehead atoms. The van der Waals surface area contributed by atoms with E-state index in [-0.39, 0.29) is 5.91 Å². The molecule has 0 aliphatic heterocycles. The first-order chi connectivity index (χ1) is 9.40. The Balaban J connectivity index is 2.85. The van der Waals surface area contributed by atoms with Crippen molar-refractivity contribution < 1.29 is 4.79 Å². The number of nitrogens with two attached hydrogens (primary N) is 1. The van der Waals surface area contributed by atoms with E-state index >= 15 is 0 Å². The summed E-state index contributed by atoms with van der Waals surface area (Å²) in [6, 6.07) is 1.09. The van der Waals surface area contributed by atoms with Crippen molar-refractivity contribution in [1.29, 1.82) is 0 Å². The van der Waals surface area contributed by atoms with Gasteiger partial charge in [0, 0.05) is 18.6 Å². The summed E-state index contributed by atoms with van der Waals surface area (Å²) in [5, 5.41) is 3.19. The highest BCUT2D eigenvalue weighted by Crippen LogP contribution is 2.35. The van der Waals surface area contributed by atoms with E-state index in [9.17, 15) is 4.79 Å². The number of rotatable bonds is 8. The van der Waals surface area contributed by atoms with Crippen molar-refractivity contribution in [2.45, 2.75) is 77.4 Å². The van der Waals surface area contributed by atoms with Gasteiger partial charge >= 0.3 is 0 Å². The summed E-state index contributed by atoms with van der Waals surface area (Å²) in [7, 11) is 1.86. The molecule has 0 aromatic carbocycles. The number of carbonyl (C=O) groups excluding carboxylic acids is 1. The summed E-state index contributed by atoms with van der Waals surface area (Å²) in [6.45, 7) is 10.2. The molecule has 0 saturated heterocycles. The third-order valence-electron chi connectivity index (χ3n) is 4.90. The summed E-state index contributed by atoms with van der Waals surface area (Å²) in [5.41, 5.74) is 5.13. The molecule has 4 heteroatoms. The average molecular weight is 283 g/mol. The van der Waals surface area contributed by atoms with Crippen LogP contribution in [0.15, 0.2) is 0 Å². The molecule has 20 heavy (non-hydrogen) atoms. The number of likely N-dealkylation sites (N-methyl/N-ethyl adjacent to an activating group) is 1. The van der Waals surface area contributed by atoms with Gasteiger partial charge in [0.1, 0.15) is 0 Å². The van der Waals surface area contributed by atoms with Crippen LogP contribution in [-0.4, -0.2) is 42.0 Å². The molecule has 4 nitrogen and oxygen atoms in total. The zero-order valence-corrected chi connectivity index (χ0v) is 13.9. The van der Waals surface area contributed by atoms with Crippen molar-refractivity contribution in [3.8, 4) is 0 Å². The first-order valence-corrected chi connectivity index (χ1v) is 8.14. The van der Waals surface area contributed by atoms with Crippen LogP contribution in [0, 0.1) is 5.92 Å². The number of carbonyl (C=O) groups is 1. The maximum atomic E-state index is 11.8. The molecule has 118 valence electrons. The van der Waals surface area contributed by atoms with Crippen LogP contribution in [0.2, 0.25) is 0 Å². The molecule has 0 heterocycles. The van der Waals surface area contributed by atoms with Gasteiger partial charge in [-0.15, -0.1) is 0 Å². The van der Waals surface area contributed by atoms with Crippen LogP contribution in [0.3, 0.4) is 0 Å². The molecule has 0 aromatic heterocycles. The highest BCUT2D eigenvalue weighted by Gasteiger charge is 2.45. The Morgan fingerprint density at radius 1 is 1.40 bits per heavy atom. The highest BCUT2D eigenvalue weighted by atomic mass is 16.1. The quantitative estimate of drug-likeness (QED) is 0.717. The van der Waals surface area contributed by atoms with Gasteiger partial charge in [0.25, 0.3) is 0 Å². The van der Waals surface area contributed by atoms with E-state index in [1.54, 1.807) is 0 Å². The van der Waals surface area contributed by atoms with E-state index < -0.39 is 5.54 Å². The van der Waals surface area contributed by atoms with Gasteiger partial charge in [-0.25, -0.2) is 0 Å². The monoisotopic (exact) mass is 283 g/mol. The normalized spacial score (nSPS) is 26.9. The third-order valence-corrected chi connectivity index (χ3v) is 4.90. The fraction of sp³-hybridized carbons (Fsp3) is 0.938. The van der Waals surface area contributed by atoms with Crippen LogP contribution < -0.4 is 11.1 Å². The second kappa shape index (κ2) is 7.41. The second-order valence-corrected chi connectivity index (χ2v) is 6.65. The lowest BCUT2D eigenvalue weighted by Gasteiger charge is -2.38. The van der Waals surface area contributed by atoms with Crippen LogP contribution in [0.1, 0.15) is 59.8 Å². The zero-order valence-electron chi connectivity index (χ0n) is 13.9. The van der Waals surface area contributed by atoms with Gasteiger partial charge in [0.05, 0.1) is 5.54 Å². The molecule has 1 fully saturated rings. The van der Waals surface area contributed by atoms with Crippen LogP contribution in [0.4, 0.5) is 0 Å². The Labute approximate surface area is 124 Å². The molecule has 0 radical (unpaired) electrons. The number of hydrogen-bond donors (Lipinski definition) is 2. The first-order valence-electron chi connectivity index (χ1n) is 8.14. The second-order valence-electron chi connectivity index (χ2n) is 6.65. The number of nitrogens with one attached hydrogen (secondary N) is 1. The van der Waals surface area contributed by atoms with Crippen molar-refractivity contribution in [3.05, 3.63) is 0 Å². The molecular weight excluding hydrogens is 250 g/mol. The number of primary amides is 1. The minimum atomic E-state index is -0.494. The third kappa shape index (κ3) is 3.73. The van der Waals surface area contributed by atoms with Crippen LogP contribution in [0.5, 0.6) is 0 Å². The molecule has 0 spiro atoms. The SMILES string of the molecule is CCC(CC)N(CC(C)C)C1CCC(NC)(C(N)=O)C1. The molecule has 2 unspecified atom stereocenters. The largest absolute Gasteiger partial charge is 0.368 e. The lowest BCUT2D eigenvalue weighted by molar-refractivity contribution is -0.124. The summed E-state index contributed by atoms with van der Waals surface area (Å²) in [4.78, 5) is 14.4. The maximum Gasteiger partial charge on any atom is 0.237 e. The van der Waals surface area contributed by atoms with Crippen LogP contribution >= 0.6 is 0 Å². The molecule has 1 aliphatic carbocycles. The van der Waals surface area contributed by atoms with Gasteiger partial charge in [-0.05, 0) is 45.1 Å². The molecule has 3 N–H and O–H groups in total. The lowest BCUT2D eigenvalue weighted by Crippen LogP contribution is -2.54. The Kier molecular flexibility index (Phi) is 6.46. The smallest absolute Gasteiger partial charge is 0.237 e. The molecule has 1 amide bonds. The van der Waals surface area contributed by atoms with E-state index in [0.717, 1.165) is 25.8 Å². The first kappa shape index (κ1) is 17.4. The molecule has 2 atom stereocenters. The minimum Gasteiger partial charge on any atom is -0.368 e. The van der Waals surface area contributed by atoms with E-state index in [1.165, 1.54) is 12.8 Å². The Hall–Kier alpha value is -0.610. The standard InChI is InChI=1S/C16H33N3O/c1-6-13(7-2)19(11-12(3)4)14-8-9-16(10-14,18-5)15(17)20/h12-14,18H,6-11H2,1-5H3,(H2,17,20). The Morgan fingerprint density at radius 2 is 2.00 bits per heavy atom. The van der Waals surface area contributed by atoms with Crippen LogP contribution in [-0.2, 0) is 4.79 Å². The van der Waals surface area contributed by atoms with Gasteiger partial charge in [0.15, 0.2) is 0 Å². The Morgan fingerprint density at radius 3 is 2.35 bits per heavy atom. The zero-order chi connectivity index (χ0) is 15.3. The predicted molar refractivity (Wildman–Crippen MR) is 84.5 cm³/mol. The van der Waals surface area contributed by atoms with Gasteiger partial charge in [0.2, 0.25) is 5.91 Å². The van der Waals surface area contributed by atoms with Crippen molar-refractivity contribution in [3.63, 3.8) is 0 Å². The van der Waals surface area contributed by atoms with E-state index in [1.807, 2.05) is 7.05 Å². The van der Waals surface area contributed by atoms with E-state index in [2.05, 4.69) is 37.9 Å². The van der Waals surface area contributed by atoms with E-state index in [0.29, 0.717) is 18.0 Å². The molecule has 1 rings (SSSR count). The lowest BCUT2D eigenvalue weighted by atomic mass is 9.95. The predicted octanol–water partition coefficient (Wildman–Crippen LogP) is 2.13. The van der Waals surface area contributed by atoms with Gasteiger partial charge < -0.3 is 11.1 Å². The van der Waals surface area contributed by atoms with Crippen LogP contribution in [0.25, 0.3) is 0 Å². The number of amides is 1. The molecule has 1 aliphatic rings. The average Bonchev–Trinajstić information content (AvgIpc) is 2.84. The molecule has 1 saturated carbocycles. The van der Waals surface area contributed by atoms with Gasteiger partial charge in [-0.1, -0.05) is 27.7 Å². The summed E-state index contributed by atoms with van der Waals surface area (Å²) >= 11 is 0. The Bertz CT molecular complexity index is 315. The van der Waals surface area contributed by atoms with Crippen molar-refractivity contribution in [2.75, 3.05) is 13.6 Å². The van der Waals surface area contributed by atoms with E-state index in [4.69, 9.17) is 5.73 Å². The summed E-state index contributed by atoms with van der Waals surface area (Å²) in [6.07, 6.45) is 5.11. The number of nitrogens with zero attached hydrogens (tertiary/aromatic N) is 1. The fourth-order valence-corrected chi connectivity index (χ4v) is 3.65. The number of hydrogen-bond acceptors (Lipinski definition) is 3. The summed E-state index contributed by atoms with van der Waals surface area (Å²) < 4.78 is 0. The topological polar surface area (TPSA) is 58.4 Å². The minimum absolute atomic E-state index is 0.198. The van der Waals surface area contributed by atoms with Crippen molar-refractivity contribution >= 4 is 5.91 Å². The highest BCUT2D eigenvalue weighted by molar-refractivity contribution is 5.85. The summed E-state index contributed by atoms with van der Waals surface area (Å²) in [5.74, 6) is 0.449. The molecular formula is C16H33N3O. The van der Waals surface area contributed by atoms with Gasteiger partial charge in [-0.3, -0.25) is 9.69 Å². The van der Waals surface area contributed by atoms with Crippen molar-refractivity contribution in [2.24, 2.45) is 11.7 Å². The molecule has 0 aromatic rings. The maximum absolute atomic E-state index is 11.8. The fourth-order valence-electron chi connectivity index (χ4n) is 3.65. The van der Waals surface area contributed by atoms with Crippen molar-refractivity contribution in [1.82, 2.24) is 10.2 Å².